The smallest absolute Gasteiger partial charge is 0.337 e. The molecule has 0 bridgehead atoms. The van der Waals surface area contributed by atoms with Gasteiger partial charge in [0.25, 0.3) is 5.91 Å². The van der Waals surface area contributed by atoms with Crippen LogP contribution in [0.1, 0.15) is 21.6 Å². The fourth-order valence-electron chi connectivity index (χ4n) is 2.66. The van der Waals surface area contributed by atoms with Gasteiger partial charge in [0.05, 0.1) is 16.3 Å². The Morgan fingerprint density at radius 1 is 1.13 bits per heavy atom. The highest BCUT2D eigenvalue weighted by Crippen LogP contribution is 2.33. The Kier molecular flexibility index (Phi) is 6.48. The normalized spacial score (nSPS) is 11.3. The average Bonchev–Trinajstić information content (AvgIpc) is 2.69. The predicted octanol–water partition coefficient (Wildman–Crippen LogP) is 5.82. The third-order valence-electron chi connectivity index (χ3n) is 4.07. The third kappa shape index (κ3) is 5.20. The number of carbonyl (C=O) groups excluding carboxylic acids is 1. The van der Waals surface area contributed by atoms with E-state index in [1.54, 1.807) is 30.3 Å². The molecule has 3 aromatic rings. The molecule has 0 saturated carbocycles. The summed E-state index contributed by atoms with van der Waals surface area (Å²) >= 11 is 11.8. The van der Waals surface area contributed by atoms with Gasteiger partial charge in [-0.15, -0.1) is 0 Å². The van der Waals surface area contributed by atoms with E-state index in [1.807, 2.05) is 0 Å². The molecule has 0 fully saturated rings. The average molecular weight is 455 g/mol. The molecule has 1 heterocycles. The second kappa shape index (κ2) is 8.89. The zero-order valence-electron chi connectivity index (χ0n) is 15.5. The van der Waals surface area contributed by atoms with Gasteiger partial charge in [-0.3, -0.25) is 4.79 Å². The molecule has 3 rings (SSSR count). The van der Waals surface area contributed by atoms with Gasteiger partial charge in [-0.25, -0.2) is 9.97 Å². The number of amides is 1. The number of anilines is 2. The monoisotopic (exact) mass is 454 g/mol. The first kappa shape index (κ1) is 21.9. The summed E-state index contributed by atoms with van der Waals surface area (Å²) in [4.78, 5) is 21.2. The molecule has 0 aliphatic rings. The first-order valence-electron chi connectivity index (χ1n) is 8.61. The highest BCUT2D eigenvalue weighted by Gasteiger charge is 2.38. The van der Waals surface area contributed by atoms with Gasteiger partial charge in [0, 0.05) is 24.8 Å². The van der Waals surface area contributed by atoms with Crippen LogP contribution in [0.25, 0.3) is 0 Å². The van der Waals surface area contributed by atoms with Crippen molar-refractivity contribution in [2.75, 3.05) is 12.4 Å². The summed E-state index contributed by atoms with van der Waals surface area (Å²) in [5.74, 6) is -1.20. The van der Waals surface area contributed by atoms with E-state index in [1.165, 1.54) is 30.1 Å². The molecule has 5 nitrogen and oxygen atoms in total. The number of nitrogens with one attached hydrogen (secondary N) is 1. The minimum absolute atomic E-state index is 0.136. The molecule has 0 radical (unpaired) electrons. The van der Waals surface area contributed by atoms with Crippen LogP contribution in [0, 0.1) is 0 Å². The van der Waals surface area contributed by atoms with E-state index in [0.29, 0.717) is 5.02 Å². The van der Waals surface area contributed by atoms with Gasteiger partial charge in [0.15, 0.2) is 5.69 Å². The fraction of sp³-hybridized carbons (Fsp3) is 0.150. The van der Waals surface area contributed by atoms with Gasteiger partial charge < -0.3 is 10.2 Å². The van der Waals surface area contributed by atoms with E-state index < -0.39 is 23.3 Å². The summed E-state index contributed by atoms with van der Waals surface area (Å²) in [6, 6.07) is 13.3. The van der Waals surface area contributed by atoms with E-state index in [-0.39, 0.29) is 23.2 Å². The number of alkyl halides is 3. The second-order valence-corrected chi connectivity index (χ2v) is 7.19. The van der Waals surface area contributed by atoms with Crippen LogP contribution in [-0.4, -0.2) is 27.8 Å². The van der Waals surface area contributed by atoms with E-state index in [2.05, 4.69) is 15.3 Å². The van der Waals surface area contributed by atoms with Crippen LogP contribution in [0.15, 0.2) is 54.7 Å². The lowest BCUT2D eigenvalue weighted by molar-refractivity contribution is -0.141. The van der Waals surface area contributed by atoms with Gasteiger partial charge in [-0.1, -0.05) is 53.5 Å². The zero-order valence-corrected chi connectivity index (χ0v) is 17.1. The van der Waals surface area contributed by atoms with E-state index in [4.69, 9.17) is 23.2 Å². The number of benzene rings is 2. The third-order valence-corrected chi connectivity index (χ3v) is 4.62. The number of hydrogen-bond acceptors (Lipinski definition) is 4. The van der Waals surface area contributed by atoms with Crippen molar-refractivity contribution in [2.45, 2.75) is 12.7 Å². The van der Waals surface area contributed by atoms with Crippen LogP contribution in [0.5, 0.6) is 0 Å². The second-order valence-electron chi connectivity index (χ2n) is 6.35. The predicted molar refractivity (Wildman–Crippen MR) is 109 cm³/mol. The Balaban J connectivity index is 1.90. The summed E-state index contributed by atoms with van der Waals surface area (Å²) < 4.78 is 40.9. The van der Waals surface area contributed by atoms with Crippen LogP contribution in [0.4, 0.5) is 24.8 Å². The number of aromatic nitrogens is 2. The van der Waals surface area contributed by atoms with Crippen LogP contribution < -0.4 is 5.32 Å². The highest BCUT2D eigenvalue weighted by atomic mass is 35.5. The lowest BCUT2D eigenvalue weighted by atomic mass is 10.1. The molecule has 1 N–H and O–H groups in total. The van der Waals surface area contributed by atoms with Gasteiger partial charge >= 0.3 is 6.18 Å². The Morgan fingerprint density at radius 2 is 1.83 bits per heavy atom. The molecular formula is C20H15Cl2F3N4O. The van der Waals surface area contributed by atoms with E-state index in [9.17, 15) is 18.0 Å². The molecule has 0 aliphatic carbocycles. The molecule has 10 heteroatoms. The van der Waals surface area contributed by atoms with Crippen molar-refractivity contribution in [3.8, 4) is 0 Å². The summed E-state index contributed by atoms with van der Waals surface area (Å²) in [6.45, 7) is 0.136. The maximum absolute atomic E-state index is 13.6. The summed E-state index contributed by atoms with van der Waals surface area (Å²) in [5, 5.41) is 3.16. The molecule has 0 atom stereocenters. The van der Waals surface area contributed by atoms with Crippen LogP contribution in [0.2, 0.25) is 10.0 Å². The molecule has 0 aliphatic heterocycles. The number of nitrogens with zero attached hydrogens (tertiary/aromatic N) is 3. The quantitative estimate of drug-likeness (QED) is 0.527. The molecule has 1 amide bonds. The van der Waals surface area contributed by atoms with Crippen molar-refractivity contribution >= 4 is 40.7 Å². The number of hydrogen-bond donors (Lipinski definition) is 1. The van der Waals surface area contributed by atoms with E-state index in [0.717, 1.165) is 11.8 Å². The molecule has 0 spiro atoms. The zero-order chi connectivity index (χ0) is 21.9. The molecular weight excluding hydrogens is 440 g/mol. The molecule has 30 heavy (non-hydrogen) atoms. The lowest BCUT2D eigenvalue weighted by Crippen LogP contribution is -2.29. The maximum Gasteiger partial charge on any atom is 0.434 e. The molecule has 0 unspecified atom stereocenters. The van der Waals surface area contributed by atoms with Gasteiger partial charge in [-0.2, -0.15) is 13.2 Å². The maximum atomic E-state index is 13.6. The summed E-state index contributed by atoms with van der Waals surface area (Å²) in [6.07, 6.45) is -4.01. The minimum Gasteiger partial charge on any atom is -0.337 e. The van der Waals surface area contributed by atoms with Crippen molar-refractivity contribution in [3.05, 3.63) is 81.6 Å². The van der Waals surface area contributed by atoms with Crippen molar-refractivity contribution in [2.24, 2.45) is 0 Å². The minimum atomic E-state index is -4.86. The Morgan fingerprint density at radius 3 is 2.47 bits per heavy atom. The molecule has 1 aromatic heterocycles. The van der Waals surface area contributed by atoms with Crippen LogP contribution in [0.3, 0.4) is 0 Å². The first-order chi connectivity index (χ1) is 14.1. The van der Waals surface area contributed by atoms with Gasteiger partial charge in [0.2, 0.25) is 5.95 Å². The van der Waals surface area contributed by atoms with Crippen molar-refractivity contribution in [1.29, 1.82) is 0 Å². The number of halogens is 5. The van der Waals surface area contributed by atoms with Crippen LogP contribution >= 0.6 is 23.2 Å². The van der Waals surface area contributed by atoms with Crippen molar-refractivity contribution in [3.63, 3.8) is 0 Å². The fourth-order valence-corrected chi connectivity index (χ4v) is 3.12. The van der Waals surface area contributed by atoms with Gasteiger partial charge in [-0.05, 0) is 23.8 Å². The van der Waals surface area contributed by atoms with Gasteiger partial charge in [0.1, 0.15) is 0 Å². The Bertz CT molecular complexity index is 1060. The van der Waals surface area contributed by atoms with E-state index >= 15 is 0 Å². The summed E-state index contributed by atoms with van der Waals surface area (Å²) in [5.41, 5.74) is -0.934. The molecule has 156 valence electrons. The van der Waals surface area contributed by atoms with Crippen molar-refractivity contribution < 1.29 is 18.0 Å². The standard InChI is InChI=1S/C20H15Cl2F3N4O/c1-29(11-12-5-3-2-4-6-12)18(30)14-10-26-19(28-17(14)20(23,24)25)27-16-8-7-13(21)9-15(16)22/h2-10H,11H2,1H3,(H,26,27,28). The molecule has 0 saturated heterocycles. The first-order valence-corrected chi connectivity index (χ1v) is 9.36. The SMILES string of the molecule is CN(Cc1ccccc1)C(=O)c1cnc(Nc2ccc(Cl)cc2Cl)nc1C(F)(F)F. The number of rotatable bonds is 5. The molecule has 2 aromatic carbocycles. The topological polar surface area (TPSA) is 58.1 Å². The Hall–Kier alpha value is -2.84. The van der Waals surface area contributed by atoms with Crippen LogP contribution in [-0.2, 0) is 12.7 Å². The Labute approximate surface area is 180 Å². The highest BCUT2D eigenvalue weighted by molar-refractivity contribution is 6.36. The number of carbonyl (C=O) groups is 1. The van der Waals surface area contributed by atoms with Crippen molar-refractivity contribution in [1.82, 2.24) is 14.9 Å². The largest absolute Gasteiger partial charge is 0.434 e. The summed E-state index contributed by atoms with van der Waals surface area (Å²) in [7, 11) is 1.41. The lowest BCUT2D eigenvalue weighted by Gasteiger charge is -2.20.